The Labute approximate surface area is 131 Å². The molecule has 0 aliphatic heterocycles. The van der Waals surface area contributed by atoms with Gasteiger partial charge in [0.25, 0.3) is 0 Å². The molecule has 2 aromatic rings. The number of likely N-dealkylation sites (N-methyl/N-ethyl adjacent to an activating group) is 1. The van der Waals surface area contributed by atoms with Crippen LogP contribution in [0.4, 0.5) is 0 Å². The summed E-state index contributed by atoms with van der Waals surface area (Å²) in [4.78, 5) is 14.7. The predicted octanol–water partition coefficient (Wildman–Crippen LogP) is 2.73. The first-order chi connectivity index (χ1) is 10.6. The van der Waals surface area contributed by atoms with Crippen molar-refractivity contribution in [3.63, 3.8) is 0 Å². The second kappa shape index (κ2) is 5.97. The summed E-state index contributed by atoms with van der Waals surface area (Å²) in [5.41, 5.74) is 0.799. The van der Waals surface area contributed by atoms with Crippen LogP contribution in [0.5, 0.6) is 0 Å². The van der Waals surface area contributed by atoms with E-state index in [9.17, 15) is 4.79 Å². The topological polar surface area (TPSA) is 45.5 Å². The van der Waals surface area contributed by atoms with Crippen LogP contribution in [0.25, 0.3) is 0 Å². The Bertz CT molecular complexity index is 616. The molecule has 1 atom stereocenters. The molecule has 0 unspecified atom stereocenters. The molecule has 22 heavy (non-hydrogen) atoms. The molecule has 1 fully saturated rings. The van der Waals surface area contributed by atoms with Gasteiger partial charge in [0.05, 0.1) is 17.7 Å². The maximum atomic E-state index is 12.7. The van der Waals surface area contributed by atoms with Crippen LogP contribution in [0.15, 0.2) is 53.1 Å². The first-order valence-electron chi connectivity index (χ1n) is 7.67. The van der Waals surface area contributed by atoms with E-state index < -0.39 is 0 Å². The highest BCUT2D eigenvalue weighted by atomic mass is 16.3. The van der Waals surface area contributed by atoms with E-state index in [4.69, 9.17) is 4.42 Å². The molecule has 1 heterocycles. The van der Waals surface area contributed by atoms with Gasteiger partial charge >= 0.3 is 0 Å². The minimum atomic E-state index is -0.318. The third-order valence-corrected chi connectivity index (χ3v) is 4.46. The predicted molar refractivity (Wildman–Crippen MR) is 85.5 cm³/mol. The number of carbonyl (C=O) groups is 1. The summed E-state index contributed by atoms with van der Waals surface area (Å²) in [5, 5.41) is 3.11. The number of hydrogen-bond acceptors (Lipinski definition) is 3. The minimum absolute atomic E-state index is 0.0468. The van der Waals surface area contributed by atoms with Crippen LogP contribution in [0.1, 0.15) is 30.2 Å². The maximum absolute atomic E-state index is 12.7. The summed E-state index contributed by atoms with van der Waals surface area (Å²) in [7, 11) is 3.98. The molecule has 1 aromatic heterocycles. The number of nitrogens with zero attached hydrogens (tertiary/aromatic N) is 1. The van der Waals surface area contributed by atoms with Crippen molar-refractivity contribution >= 4 is 5.91 Å². The highest BCUT2D eigenvalue weighted by Crippen LogP contribution is 2.48. The number of rotatable bonds is 6. The molecule has 1 aliphatic carbocycles. The van der Waals surface area contributed by atoms with E-state index >= 15 is 0 Å². The Kier molecular flexibility index (Phi) is 4.03. The van der Waals surface area contributed by atoms with Crippen LogP contribution in [0, 0.1) is 0 Å². The van der Waals surface area contributed by atoms with E-state index in [1.165, 1.54) is 0 Å². The van der Waals surface area contributed by atoms with Crippen LogP contribution in [0.3, 0.4) is 0 Å². The lowest BCUT2D eigenvalue weighted by Crippen LogP contribution is -2.40. The van der Waals surface area contributed by atoms with Gasteiger partial charge < -0.3 is 9.73 Å². The van der Waals surface area contributed by atoms with Crippen LogP contribution in [-0.4, -0.2) is 31.4 Å². The SMILES string of the molecule is CN(C)[C@@H](CNC(=O)C1(c2ccccc2)CC1)c1ccco1. The molecule has 3 rings (SSSR count). The second-order valence-electron chi connectivity index (χ2n) is 6.15. The van der Waals surface area contributed by atoms with Gasteiger partial charge in [-0.15, -0.1) is 0 Å². The normalized spacial score (nSPS) is 17.2. The van der Waals surface area contributed by atoms with Crippen LogP contribution in [0.2, 0.25) is 0 Å². The van der Waals surface area contributed by atoms with Crippen LogP contribution < -0.4 is 5.32 Å². The van der Waals surface area contributed by atoms with E-state index in [0.717, 1.165) is 24.2 Å². The number of furan rings is 1. The van der Waals surface area contributed by atoms with Crippen molar-refractivity contribution in [1.29, 1.82) is 0 Å². The molecule has 1 N–H and O–H groups in total. The first-order valence-corrected chi connectivity index (χ1v) is 7.67. The summed E-state index contributed by atoms with van der Waals surface area (Å²) in [5.74, 6) is 0.993. The number of carbonyl (C=O) groups excluding carboxylic acids is 1. The van der Waals surface area contributed by atoms with E-state index in [0.29, 0.717) is 6.54 Å². The molecule has 1 aliphatic rings. The lowest BCUT2D eigenvalue weighted by molar-refractivity contribution is -0.123. The van der Waals surface area contributed by atoms with Gasteiger partial charge in [0.2, 0.25) is 5.91 Å². The van der Waals surface area contributed by atoms with Crippen molar-refractivity contribution in [2.45, 2.75) is 24.3 Å². The molecule has 4 nitrogen and oxygen atoms in total. The summed E-state index contributed by atoms with van der Waals surface area (Å²) in [6.07, 6.45) is 3.52. The van der Waals surface area contributed by atoms with Crippen LogP contribution in [-0.2, 0) is 10.2 Å². The van der Waals surface area contributed by atoms with Crippen molar-refractivity contribution in [3.05, 3.63) is 60.1 Å². The Balaban J connectivity index is 1.67. The Morgan fingerprint density at radius 1 is 1.23 bits per heavy atom. The van der Waals surface area contributed by atoms with Crippen molar-refractivity contribution in [1.82, 2.24) is 10.2 Å². The summed E-state index contributed by atoms with van der Waals surface area (Å²) < 4.78 is 5.48. The third-order valence-electron chi connectivity index (χ3n) is 4.46. The van der Waals surface area contributed by atoms with E-state index in [2.05, 4.69) is 10.2 Å². The second-order valence-corrected chi connectivity index (χ2v) is 6.15. The minimum Gasteiger partial charge on any atom is -0.468 e. The summed E-state index contributed by atoms with van der Waals surface area (Å²) in [6.45, 7) is 0.550. The zero-order valence-corrected chi connectivity index (χ0v) is 13.1. The third kappa shape index (κ3) is 2.79. The van der Waals surface area contributed by atoms with Gasteiger partial charge in [-0.3, -0.25) is 9.69 Å². The van der Waals surface area contributed by atoms with Gasteiger partial charge in [-0.1, -0.05) is 30.3 Å². The monoisotopic (exact) mass is 298 g/mol. The van der Waals surface area contributed by atoms with Crippen molar-refractivity contribution < 1.29 is 9.21 Å². The lowest BCUT2D eigenvalue weighted by atomic mass is 9.95. The number of nitrogens with one attached hydrogen (secondary N) is 1. The van der Waals surface area contributed by atoms with Gasteiger partial charge in [0.1, 0.15) is 5.76 Å². The standard InChI is InChI=1S/C18H22N2O2/c1-20(2)15(16-9-6-12-22-16)13-19-17(21)18(10-11-18)14-7-4-3-5-8-14/h3-9,12,15H,10-11,13H2,1-2H3,(H,19,21)/t15-/m0/s1. The van der Waals surface area contributed by atoms with Gasteiger partial charge in [-0.05, 0) is 44.6 Å². The Morgan fingerprint density at radius 2 is 1.95 bits per heavy atom. The molecule has 0 bridgehead atoms. The largest absolute Gasteiger partial charge is 0.468 e. The molecule has 0 saturated heterocycles. The molecular weight excluding hydrogens is 276 g/mol. The van der Waals surface area contributed by atoms with E-state index in [1.54, 1.807) is 6.26 Å². The molecular formula is C18H22N2O2. The first kappa shape index (κ1) is 14.9. The fourth-order valence-electron chi connectivity index (χ4n) is 2.91. The zero-order valence-electron chi connectivity index (χ0n) is 13.1. The molecule has 1 amide bonds. The van der Waals surface area contributed by atoms with Gasteiger partial charge in [0.15, 0.2) is 0 Å². The van der Waals surface area contributed by atoms with Crippen molar-refractivity contribution in [2.75, 3.05) is 20.6 Å². The number of hydrogen-bond donors (Lipinski definition) is 1. The number of benzene rings is 1. The molecule has 1 saturated carbocycles. The molecule has 0 radical (unpaired) electrons. The van der Waals surface area contributed by atoms with Gasteiger partial charge in [-0.25, -0.2) is 0 Å². The smallest absolute Gasteiger partial charge is 0.230 e. The van der Waals surface area contributed by atoms with Crippen molar-refractivity contribution in [2.24, 2.45) is 0 Å². The lowest BCUT2D eigenvalue weighted by Gasteiger charge is -2.24. The van der Waals surface area contributed by atoms with Gasteiger partial charge in [0, 0.05) is 6.54 Å². The summed E-state index contributed by atoms with van der Waals surface area (Å²) >= 11 is 0. The molecule has 4 heteroatoms. The fourth-order valence-corrected chi connectivity index (χ4v) is 2.91. The highest BCUT2D eigenvalue weighted by molar-refractivity contribution is 5.91. The highest BCUT2D eigenvalue weighted by Gasteiger charge is 2.51. The van der Waals surface area contributed by atoms with E-state index in [-0.39, 0.29) is 17.4 Å². The zero-order chi connectivity index (χ0) is 15.6. The van der Waals surface area contributed by atoms with Crippen molar-refractivity contribution in [3.8, 4) is 0 Å². The Hall–Kier alpha value is -2.07. The Morgan fingerprint density at radius 3 is 2.50 bits per heavy atom. The van der Waals surface area contributed by atoms with E-state index in [1.807, 2.05) is 56.6 Å². The van der Waals surface area contributed by atoms with Gasteiger partial charge in [-0.2, -0.15) is 0 Å². The average Bonchev–Trinajstić information content (AvgIpc) is 3.18. The fraction of sp³-hybridized carbons (Fsp3) is 0.389. The number of amides is 1. The van der Waals surface area contributed by atoms with Crippen LogP contribution >= 0.6 is 0 Å². The molecule has 0 spiro atoms. The molecule has 1 aromatic carbocycles. The average molecular weight is 298 g/mol. The quantitative estimate of drug-likeness (QED) is 0.892. The maximum Gasteiger partial charge on any atom is 0.230 e. The molecule has 116 valence electrons. The summed E-state index contributed by atoms with van der Waals surface area (Å²) in [6, 6.07) is 13.9.